The Morgan fingerprint density at radius 3 is 2.22 bits per heavy atom. The van der Waals surface area contributed by atoms with E-state index in [-0.39, 0.29) is 39.5 Å². The minimum atomic E-state index is -3.51. The fourth-order valence-corrected chi connectivity index (χ4v) is 5.65. The molecule has 1 amide bonds. The Morgan fingerprint density at radius 1 is 1.08 bits per heavy atom. The largest absolute Gasteiger partial charge is 0.480 e. The third kappa shape index (κ3) is 7.11. The van der Waals surface area contributed by atoms with Crippen LogP contribution in [0.3, 0.4) is 0 Å². The molecular formula is C28H45N3O4S. The standard InChI is InChI=1S/C28H45N3O4S/c1-11-13-16-36(33,34)24-18-29-26(31(24)19(3)4)30-25(32)22(12-2)35-23-15-14-20(27(5,6)7)17-21(23)28(8,9)10/h14-15,17-19,22H,11-13,16H2,1-10H3,(H,29,30,32). The number of imidazole rings is 1. The Kier molecular flexibility index (Phi) is 9.43. The van der Waals surface area contributed by atoms with Crippen LogP contribution >= 0.6 is 0 Å². The lowest BCUT2D eigenvalue weighted by molar-refractivity contribution is -0.123. The first-order valence-corrected chi connectivity index (χ1v) is 14.6. The fraction of sp³-hybridized carbons (Fsp3) is 0.643. The third-order valence-electron chi connectivity index (χ3n) is 6.19. The highest BCUT2D eigenvalue weighted by molar-refractivity contribution is 7.91. The van der Waals surface area contributed by atoms with E-state index in [0.717, 1.165) is 12.0 Å². The molecule has 36 heavy (non-hydrogen) atoms. The highest BCUT2D eigenvalue weighted by Crippen LogP contribution is 2.36. The molecule has 1 aromatic heterocycles. The van der Waals surface area contributed by atoms with Crippen molar-refractivity contribution in [1.29, 1.82) is 0 Å². The molecule has 0 aliphatic heterocycles. The van der Waals surface area contributed by atoms with E-state index >= 15 is 0 Å². The van der Waals surface area contributed by atoms with E-state index < -0.39 is 15.9 Å². The average molecular weight is 520 g/mol. The Labute approximate surface area is 218 Å². The zero-order valence-electron chi connectivity index (χ0n) is 23.7. The zero-order valence-corrected chi connectivity index (χ0v) is 24.5. The summed E-state index contributed by atoms with van der Waals surface area (Å²) in [5.41, 5.74) is 2.05. The minimum Gasteiger partial charge on any atom is -0.480 e. The second-order valence-electron chi connectivity index (χ2n) is 11.8. The molecule has 0 saturated heterocycles. The zero-order chi connectivity index (χ0) is 27.5. The van der Waals surface area contributed by atoms with E-state index in [9.17, 15) is 13.2 Å². The molecule has 0 aliphatic carbocycles. The van der Waals surface area contributed by atoms with Crippen LogP contribution in [0, 0.1) is 0 Å². The van der Waals surface area contributed by atoms with Crippen LogP contribution in [0.2, 0.25) is 0 Å². The second-order valence-corrected chi connectivity index (χ2v) is 13.8. The molecule has 1 heterocycles. The van der Waals surface area contributed by atoms with Gasteiger partial charge < -0.3 is 4.74 Å². The molecule has 2 aromatic rings. The van der Waals surface area contributed by atoms with Crippen LogP contribution < -0.4 is 10.1 Å². The highest BCUT2D eigenvalue weighted by atomic mass is 32.2. The molecule has 1 aromatic carbocycles. The summed E-state index contributed by atoms with van der Waals surface area (Å²) < 4.78 is 33.6. The molecule has 202 valence electrons. The highest BCUT2D eigenvalue weighted by Gasteiger charge is 2.29. The van der Waals surface area contributed by atoms with Crippen molar-refractivity contribution in [3.63, 3.8) is 0 Å². The summed E-state index contributed by atoms with van der Waals surface area (Å²) >= 11 is 0. The van der Waals surface area contributed by atoms with Crippen molar-refractivity contribution >= 4 is 21.7 Å². The smallest absolute Gasteiger partial charge is 0.267 e. The lowest BCUT2D eigenvalue weighted by atomic mass is 9.80. The third-order valence-corrected chi connectivity index (χ3v) is 7.95. The Hall–Kier alpha value is -2.35. The van der Waals surface area contributed by atoms with Crippen molar-refractivity contribution in [3.8, 4) is 5.75 Å². The summed E-state index contributed by atoms with van der Waals surface area (Å²) in [5, 5.41) is 2.96. The maximum absolute atomic E-state index is 13.3. The number of nitrogens with one attached hydrogen (secondary N) is 1. The first-order valence-electron chi connectivity index (χ1n) is 12.9. The van der Waals surface area contributed by atoms with Crippen molar-refractivity contribution in [1.82, 2.24) is 9.55 Å². The maximum Gasteiger partial charge on any atom is 0.267 e. The van der Waals surface area contributed by atoms with Gasteiger partial charge in [-0.15, -0.1) is 0 Å². The number of hydrogen-bond donors (Lipinski definition) is 1. The van der Waals surface area contributed by atoms with Crippen LogP contribution in [0.15, 0.2) is 29.4 Å². The molecule has 0 spiro atoms. The minimum absolute atomic E-state index is 0.0108. The molecule has 7 nitrogen and oxygen atoms in total. The van der Waals surface area contributed by atoms with E-state index in [1.807, 2.05) is 39.8 Å². The predicted molar refractivity (Wildman–Crippen MR) is 147 cm³/mol. The Bertz CT molecular complexity index is 1150. The summed E-state index contributed by atoms with van der Waals surface area (Å²) in [6.07, 6.45) is 2.38. The van der Waals surface area contributed by atoms with Crippen LogP contribution in [0.25, 0.3) is 0 Å². The molecule has 0 bridgehead atoms. The van der Waals surface area contributed by atoms with Crippen LogP contribution in [0.4, 0.5) is 5.95 Å². The molecule has 0 radical (unpaired) electrons. The number of amides is 1. The summed E-state index contributed by atoms with van der Waals surface area (Å²) in [6.45, 7) is 20.5. The van der Waals surface area contributed by atoms with Crippen LogP contribution in [-0.2, 0) is 25.5 Å². The second kappa shape index (κ2) is 11.4. The van der Waals surface area contributed by atoms with Gasteiger partial charge in [-0.1, -0.05) is 73.9 Å². The number of anilines is 1. The first-order chi connectivity index (χ1) is 16.5. The van der Waals surface area contributed by atoms with Gasteiger partial charge in [-0.05, 0) is 54.7 Å². The number of rotatable bonds is 10. The molecule has 0 saturated carbocycles. The lowest BCUT2D eigenvalue weighted by Crippen LogP contribution is -2.34. The number of carbonyl (C=O) groups excluding carboxylic acids is 1. The number of benzene rings is 1. The number of unbranched alkanes of at least 4 members (excludes halogenated alkanes) is 1. The van der Waals surface area contributed by atoms with E-state index in [4.69, 9.17) is 4.74 Å². The van der Waals surface area contributed by atoms with Gasteiger partial charge in [0.2, 0.25) is 5.95 Å². The molecule has 2 rings (SSSR count). The number of ether oxygens (including phenoxy) is 1. The van der Waals surface area contributed by atoms with Gasteiger partial charge in [0.05, 0.1) is 11.9 Å². The quantitative estimate of drug-likeness (QED) is 0.391. The van der Waals surface area contributed by atoms with E-state index in [0.29, 0.717) is 18.6 Å². The topological polar surface area (TPSA) is 90.3 Å². The van der Waals surface area contributed by atoms with Crippen molar-refractivity contribution in [3.05, 3.63) is 35.5 Å². The van der Waals surface area contributed by atoms with Gasteiger partial charge in [-0.25, -0.2) is 13.4 Å². The summed E-state index contributed by atoms with van der Waals surface area (Å²) in [5.74, 6) is 0.580. The number of hydrogen-bond acceptors (Lipinski definition) is 5. The molecule has 1 N–H and O–H groups in total. The van der Waals surface area contributed by atoms with Gasteiger partial charge in [0, 0.05) is 6.04 Å². The van der Waals surface area contributed by atoms with Crippen molar-refractivity contribution in [2.45, 2.75) is 117 Å². The normalized spacial score (nSPS) is 13.6. The van der Waals surface area contributed by atoms with Gasteiger partial charge in [-0.2, -0.15) is 0 Å². The Morgan fingerprint density at radius 2 is 1.72 bits per heavy atom. The van der Waals surface area contributed by atoms with E-state index in [1.54, 1.807) is 4.57 Å². The molecule has 1 atom stereocenters. The van der Waals surface area contributed by atoms with Crippen molar-refractivity contribution in [2.24, 2.45) is 0 Å². The SMILES string of the molecule is CCCCS(=O)(=O)c1cnc(NC(=O)C(CC)Oc2ccc(C(C)(C)C)cc2C(C)(C)C)n1C(C)C. The Balaban J connectivity index is 2.37. The molecule has 0 aliphatic rings. The van der Waals surface area contributed by atoms with Gasteiger partial charge >= 0.3 is 0 Å². The molecule has 0 fully saturated rings. The van der Waals surface area contributed by atoms with Crippen molar-refractivity contribution < 1.29 is 17.9 Å². The average Bonchev–Trinajstić information content (AvgIpc) is 3.19. The number of carbonyl (C=O) groups is 1. The van der Waals surface area contributed by atoms with E-state index in [2.05, 4.69) is 57.9 Å². The number of nitrogens with zero attached hydrogens (tertiary/aromatic N) is 2. The lowest BCUT2D eigenvalue weighted by Gasteiger charge is -2.28. The van der Waals surface area contributed by atoms with Gasteiger partial charge in [0.1, 0.15) is 5.75 Å². The van der Waals surface area contributed by atoms with Crippen LogP contribution in [0.5, 0.6) is 5.75 Å². The first kappa shape index (κ1) is 29.9. The molecular weight excluding hydrogens is 474 g/mol. The van der Waals surface area contributed by atoms with Gasteiger partial charge in [0.25, 0.3) is 5.91 Å². The van der Waals surface area contributed by atoms with Gasteiger partial charge in [-0.3, -0.25) is 14.7 Å². The summed E-state index contributed by atoms with van der Waals surface area (Å²) in [6, 6.07) is 5.96. The molecule has 8 heteroatoms. The summed E-state index contributed by atoms with van der Waals surface area (Å²) in [4.78, 5) is 17.6. The maximum atomic E-state index is 13.3. The number of sulfone groups is 1. The monoisotopic (exact) mass is 519 g/mol. The summed E-state index contributed by atoms with van der Waals surface area (Å²) in [7, 11) is -3.51. The fourth-order valence-electron chi connectivity index (χ4n) is 3.96. The van der Waals surface area contributed by atoms with Gasteiger partial charge in [0.15, 0.2) is 21.0 Å². The number of aromatic nitrogens is 2. The van der Waals surface area contributed by atoms with Crippen molar-refractivity contribution in [2.75, 3.05) is 11.1 Å². The van der Waals surface area contributed by atoms with Crippen LogP contribution in [-0.4, -0.2) is 35.7 Å². The van der Waals surface area contributed by atoms with Crippen LogP contribution in [0.1, 0.15) is 106 Å². The molecule has 1 unspecified atom stereocenters. The predicted octanol–water partition coefficient (Wildman–Crippen LogP) is 6.43. The van der Waals surface area contributed by atoms with E-state index in [1.165, 1.54) is 11.8 Å².